The molecule has 1 heterocycles. The monoisotopic (exact) mass is 859 g/mol. The number of hydrogen-bond donors (Lipinski definition) is 0. The zero-order chi connectivity index (χ0) is 44.0. The van der Waals surface area contributed by atoms with E-state index in [0.717, 1.165) is 17.1 Å². The van der Waals surface area contributed by atoms with Crippen LogP contribution < -0.4 is 4.90 Å². The van der Waals surface area contributed by atoms with Crippen LogP contribution >= 0.6 is 11.3 Å². The van der Waals surface area contributed by atoms with Crippen molar-refractivity contribution < 1.29 is 0 Å². The lowest BCUT2D eigenvalue weighted by atomic mass is 9.67. The summed E-state index contributed by atoms with van der Waals surface area (Å²) < 4.78 is 2.61. The highest BCUT2D eigenvalue weighted by Crippen LogP contribution is 2.62. The molecule has 1 nitrogen and oxygen atoms in total. The minimum atomic E-state index is -0.578. The fourth-order valence-corrected chi connectivity index (χ4v) is 12.7. The maximum absolute atomic E-state index is 2.54. The van der Waals surface area contributed by atoms with E-state index < -0.39 is 5.41 Å². The Labute approximate surface area is 390 Å². The minimum Gasteiger partial charge on any atom is -0.310 e. The fourth-order valence-electron chi connectivity index (χ4n) is 11.6. The molecule has 0 radical (unpaired) electrons. The zero-order valence-corrected chi connectivity index (χ0v) is 37.7. The van der Waals surface area contributed by atoms with Gasteiger partial charge in [-0.1, -0.05) is 202 Å². The molecule has 0 bridgehead atoms. The zero-order valence-electron chi connectivity index (χ0n) is 36.9. The predicted octanol–water partition coefficient (Wildman–Crippen LogP) is 17.5. The molecule has 0 saturated heterocycles. The van der Waals surface area contributed by atoms with Crippen molar-refractivity contribution in [3.8, 4) is 44.5 Å². The van der Waals surface area contributed by atoms with Crippen molar-refractivity contribution in [2.45, 2.75) is 24.7 Å². The molecule has 2 aliphatic rings. The van der Waals surface area contributed by atoms with Crippen LogP contribution in [0.3, 0.4) is 0 Å². The van der Waals surface area contributed by atoms with Crippen LogP contribution in [0.5, 0.6) is 0 Å². The van der Waals surface area contributed by atoms with Crippen LogP contribution in [0.15, 0.2) is 237 Å². The molecule has 2 aliphatic carbocycles. The molecule has 11 aromatic rings. The summed E-state index contributed by atoms with van der Waals surface area (Å²) in [6, 6.07) is 88.3. The van der Waals surface area contributed by atoms with Crippen molar-refractivity contribution in [2.75, 3.05) is 4.90 Å². The molecule has 10 aromatic carbocycles. The third-order valence-electron chi connectivity index (χ3n) is 14.5. The number of fused-ring (bicyclic) bond motifs is 9. The van der Waals surface area contributed by atoms with E-state index in [1.54, 1.807) is 0 Å². The summed E-state index contributed by atoms with van der Waals surface area (Å²) in [5.41, 5.74) is 20.6. The number of rotatable bonds is 7. The first-order chi connectivity index (χ1) is 32.5. The highest BCUT2D eigenvalue weighted by Gasteiger charge is 2.48. The second-order valence-corrected chi connectivity index (χ2v) is 19.5. The van der Waals surface area contributed by atoms with Crippen molar-refractivity contribution >= 4 is 48.6 Å². The normalized spacial score (nSPS) is 13.8. The summed E-state index contributed by atoms with van der Waals surface area (Å²) in [7, 11) is 0. The summed E-state index contributed by atoms with van der Waals surface area (Å²) >= 11 is 1.91. The second kappa shape index (κ2) is 14.9. The molecule has 1 aromatic heterocycles. The molecule has 0 N–H and O–H groups in total. The molecule has 0 amide bonds. The maximum atomic E-state index is 2.54. The Morgan fingerprint density at radius 1 is 0.348 bits per heavy atom. The molecule has 0 spiro atoms. The first kappa shape index (κ1) is 38.7. The lowest BCUT2D eigenvalue weighted by Gasteiger charge is -2.34. The number of thiophene rings is 1. The quantitative estimate of drug-likeness (QED) is 0.154. The average Bonchev–Trinajstić information content (AvgIpc) is 3.98. The van der Waals surface area contributed by atoms with Crippen LogP contribution in [0.25, 0.3) is 64.7 Å². The van der Waals surface area contributed by atoms with E-state index in [0.29, 0.717) is 0 Å². The third kappa shape index (κ3) is 5.65. The molecular weight excluding hydrogens is 815 g/mol. The van der Waals surface area contributed by atoms with Crippen LogP contribution in [0.1, 0.15) is 47.2 Å². The first-order valence-corrected chi connectivity index (χ1v) is 23.8. The number of anilines is 3. The summed E-state index contributed by atoms with van der Waals surface area (Å²) in [4.78, 5) is 2.49. The molecule has 0 saturated carbocycles. The summed E-state index contributed by atoms with van der Waals surface area (Å²) in [5, 5.41) is 2.62. The molecule has 66 heavy (non-hydrogen) atoms. The van der Waals surface area contributed by atoms with Gasteiger partial charge in [0, 0.05) is 42.6 Å². The van der Waals surface area contributed by atoms with Crippen LogP contribution in [0.2, 0.25) is 0 Å². The van der Waals surface area contributed by atoms with Gasteiger partial charge in [0.25, 0.3) is 0 Å². The molecule has 0 unspecified atom stereocenters. The maximum Gasteiger partial charge on any atom is 0.0714 e. The molecule has 312 valence electrons. The Kier molecular flexibility index (Phi) is 8.72. The van der Waals surface area contributed by atoms with E-state index in [-0.39, 0.29) is 5.41 Å². The van der Waals surface area contributed by atoms with Gasteiger partial charge in [-0.3, -0.25) is 0 Å². The Morgan fingerprint density at radius 2 is 0.894 bits per heavy atom. The van der Waals surface area contributed by atoms with Gasteiger partial charge in [0.2, 0.25) is 0 Å². The van der Waals surface area contributed by atoms with Gasteiger partial charge < -0.3 is 4.90 Å². The van der Waals surface area contributed by atoms with Crippen molar-refractivity contribution in [3.05, 3.63) is 270 Å². The second-order valence-electron chi connectivity index (χ2n) is 18.4. The van der Waals surface area contributed by atoms with Crippen molar-refractivity contribution in [1.29, 1.82) is 0 Å². The standard InChI is InChI=1S/C64H45NS/c1-63(2)54-29-17-15-27-50(54)51-37-35-49(40-56(51)63)65(47-33-31-43(32-34-47)42-19-7-3-8-20-42)48-36-38-55-53(39-48)61-57(64(55,45-23-11-5-12-24-45)46-25-13-6-14-26-46)41-59-62(52-28-16-18-30-58(52)66-59)60(61)44-21-9-4-10-22-44/h3-41H,1-2H3. The van der Waals surface area contributed by atoms with E-state index in [9.17, 15) is 0 Å². The lowest BCUT2D eigenvalue weighted by molar-refractivity contribution is 0.660. The van der Waals surface area contributed by atoms with E-state index in [2.05, 4.69) is 255 Å². The number of benzene rings is 10. The van der Waals surface area contributed by atoms with Crippen molar-refractivity contribution in [2.24, 2.45) is 0 Å². The Morgan fingerprint density at radius 3 is 1.61 bits per heavy atom. The number of hydrogen-bond acceptors (Lipinski definition) is 2. The highest BCUT2D eigenvalue weighted by molar-refractivity contribution is 7.26. The van der Waals surface area contributed by atoms with E-state index in [4.69, 9.17) is 0 Å². The van der Waals surface area contributed by atoms with Gasteiger partial charge >= 0.3 is 0 Å². The summed E-state index contributed by atoms with van der Waals surface area (Å²) in [6.07, 6.45) is 0. The van der Waals surface area contributed by atoms with Gasteiger partial charge in [-0.05, 0) is 126 Å². The number of nitrogens with zero attached hydrogens (tertiary/aromatic N) is 1. The average molecular weight is 860 g/mol. The predicted molar refractivity (Wildman–Crippen MR) is 280 cm³/mol. The molecule has 0 atom stereocenters. The van der Waals surface area contributed by atoms with Gasteiger partial charge in [0.15, 0.2) is 0 Å². The van der Waals surface area contributed by atoms with Crippen LogP contribution in [-0.2, 0) is 10.8 Å². The van der Waals surface area contributed by atoms with Crippen molar-refractivity contribution in [3.63, 3.8) is 0 Å². The Balaban J connectivity index is 1.12. The van der Waals surface area contributed by atoms with Crippen LogP contribution in [0.4, 0.5) is 17.1 Å². The smallest absolute Gasteiger partial charge is 0.0714 e. The molecule has 0 fully saturated rings. The van der Waals surface area contributed by atoms with Gasteiger partial charge in [0.1, 0.15) is 0 Å². The molecule has 2 heteroatoms. The summed E-state index contributed by atoms with van der Waals surface area (Å²) in [5.74, 6) is 0. The highest BCUT2D eigenvalue weighted by atomic mass is 32.1. The minimum absolute atomic E-state index is 0.147. The van der Waals surface area contributed by atoms with Crippen molar-refractivity contribution in [1.82, 2.24) is 0 Å². The summed E-state index contributed by atoms with van der Waals surface area (Å²) in [6.45, 7) is 4.75. The molecular formula is C64H45NS. The Bertz CT molecular complexity index is 3600. The third-order valence-corrected chi connectivity index (χ3v) is 15.7. The van der Waals surface area contributed by atoms with E-state index >= 15 is 0 Å². The Hall–Kier alpha value is -7.78. The topological polar surface area (TPSA) is 3.24 Å². The fraction of sp³-hybridized carbons (Fsp3) is 0.0625. The van der Waals surface area contributed by atoms with Crippen LogP contribution in [-0.4, -0.2) is 0 Å². The van der Waals surface area contributed by atoms with E-state index in [1.807, 2.05) is 11.3 Å². The lowest BCUT2D eigenvalue weighted by Crippen LogP contribution is -2.28. The first-order valence-electron chi connectivity index (χ1n) is 23.0. The van der Waals surface area contributed by atoms with Crippen LogP contribution in [0, 0.1) is 0 Å². The largest absolute Gasteiger partial charge is 0.310 e. The van der Waals surface area contributed by atoms with Gasteiger partial charge in [0.05, 0.1) is 5.41 Å². The van der Waals surface area contributed by atoms with Gasteiger partial charge in [-0.25, -0.2) is 0 Å². The molecule has 0 aliphatic heterocycles. The van der Waals surface area contributed by atoms with Gasteiger partial charge in [-0.15, -0.1) is 11.3 Å². The van der Waals surface area contributed by atoms with E-state index in [1.165, 1.54) is 98.1 Å². The SMILES string of the molecule is CC1(C)c2ccccc2-c2ccc(N(c3ccc(-c4ccccc4)cc3)c3ccc4c(c3)-c3c(cc5sc6ccccc6c5c3-c3ccccc3)C4(c3ccccc3)c3ccccc3)cc21. The van der Waals surface area contributed by atoms with Gasteiger partial charge in [-0.2, -0.15) is 0 Å². The molecule has 13 rings (SSSR count).